The summed E-state index contributed by atoms with van der Waals surface area (Å²) >= 11 is 0. The summed E-state index contributed by atoms with van der Waals surface area (Å²) in [5.41, 5.74) is 3.72. The molecule has 0 heterocycles. The Bertz CT molecular complexity index is 488. The van der Waals surface area contributed by atoms with Crippen LogP contribution in [0.5, 0.6) is 5.75 Å². The second-order valence-electron chi connectivity index (χ2n) is 4.50. The van der Waals surface area contributed by atoms with E-state index in [1.54, 1.807) is 0 Å². The van der Waals surface area contributed by atoms with Gasteiger partial charge in [0.05, 0.1) is 6.61 Å². The molecular weight excluding hydrogens is 220 g/mol. The van der Waals surface area contributed by atoms with Crippen LogP contribution in [0.4, 0.5) is 0 Å². The van der Waals surface area contributed by atoms with Gasteiger partial charge >= 0.3 is 0 Å². The smallest absolute Gasteiger partial charge is 0.122 e. The molecule has 0 radical (unpaired) electrons. The van der Waals surface area contributed by atoms with Gasteiger partial charge in [0.2, 0.25) is 0 Å². The highest BCUT2D eigenvalue weighted by atomic mass is 16.5. The monoisotopic (exact) mass is 240 g/mol. The van der Waals surface area contributed by atoms with E-state index in [9.17, 15) is 0 Å². The molecule has 94 valence electrons. The van der Waals surface area contributed by atoms with Crippen molar-refractivity contribution in [3.8, 4) is 16.9 Å². The van der Waals surface area contributed by atoms with Crippen molar-refractivity contribution in [1.29, 1.82) is 0 Å². The first-order chi connectivity index (χ1) is 8.83. The highest BCUT2D eigenvalue weighted by Gasteiger charge is 2.06. The Hall–Kier alpha value is -1.76. The summed E-state index contributed by atoms with van der Waals surface area (Å²) in [6.45, 7) is 5.11. The van der Waals surface area contributed by atoms with E-state index in [4.69, 9.17) is 4.74 Å². The van der Waals surface area contributed by atoms with Crippen molar-refractivity contribution < 1.29 is 4.74 Å². The van der Waals surface area contributed by atoms with Crippen LogP contribution in [0, 0.1) is 6.92 Å². The van der Waals surface area contributed by atoms with Gasteiger partial charge in [0.1, 0.15) is 5.75 Å². The first kappa shape index (κ1) is 12.7. The van der Waals surface area contributed by atoms with Crippen molar-refractivity contribution in [2.75, 3.05) is 6.61 Å². The molecule has 0 aliphatic heterocycles. The molecule has 0 fully saturated rings. The predicted octanol–water partition coefficient (Wildman–Crippen LogP) is 4.84. The summed E-state index contributed by atoms with van der Waals surface area (Å²) in [6.07, 6.45) is 2.27. The first-order valence-electron chi connectivity index (χ1n) is 6.60. The van der Waals surface area contributed by atoms with Gasteiger partial charge in [-0.25, -0.2) is 0 Å². The lowest BCUT2D eigenvalue weighted by molar-refractivity contribution is 0.307. The summed E-state index contributed by atoms with van der Waals surface area (Å²) in [4.78, 5) is 0. The van der Waals surface area contributed by atoms with Gasteiger partial charge in [-0.15, -0.1) is 0 Å². The second kappa shape index (κ2) is 6.25. The molecule has 0 saturated carbocycles. The minimum absolute atomic E-state index is 0.801. The van der Waals surface area contributed by atoms with Crippen LogP contribution >= 0.6 is 0 Å². The number of rotatable bonds is 5. The number of hydrogen-bond donors (Lipinski definition) is 0. The summed E-state index contributed by atoms with van der Waals surface area (Å²) in [5.74, 6) is 1.00. The van der Waals surface area contributed by atoms with Gasteiger partial charge in [0, 0.05) is 0 Å². The number of benzene rings is 2. The van der Waals surface area contributed by atoms with E-state index in [1.165, 1.54) is 16.7 Å². The molecule has 2 rings (SSSR count). The molecule has 0 aliphatic rings. The normalized spacial score (nSPS) is 10.3. The molecule has 0 unspecified atom stereocenters. The van der Waals surface area contributed by atoms with Gasteiger partial charge in [-0.2, -0.15) is 0 Å². The zero-order valence-corrected chi connectivity index (χ0v) is 11.1. The summed E-state index contributed by atoms with van der Waals surface area (Å²) in [6, 6.07) is 16.7. The zero-order chi connectivity index (χ0) is 12.8. The van der Waals surface area contributed by atoms with Crippen molar-refractivity contribution in [3.05, 3.63) is 54.1 Å². The fraction of sp³-hybridized carbons (Fsp3) is 0.294. The van der Waals surface area contributed by atoms with Crippen molar-refractivity contribution in [3.63, 3.8) is 0 Å². The molecule has 1 nitrogen and oxygen atoms in total. The maximum atomic E-state index is 5.84. The molecule has 0 saturated heterocycles. The van der Waals surface area contributed by atoms with Gasteiger partial charge in [-0.3, -0.25) is 0 Å². The zero-order valence-electron chi connectivity index (χ0n) is 11.1. The van der Waals surface area contributed by atoms with Crippen molar-refractivity contribution >= 4 is 0 Å². The maximum absolute atomic E-state index is 5.84. The van der Waals surface area contributed by atoms with Crippen LogP contribution in [-0.4, -0.2) is 6.61 Å². The fourth-order valence-electron chi connectivity index (χ4n) is 2.03. The van der Waals surface area contributed by atoms with Crippen LogP contribution < -0.4 is 4.74 Å². The predicted molar refractivity (Wildman–Crippen MR) is 77.0 cm³/mol. The second-order valence-corrected chi connectivity index (χ2v) is 4.50. The summed E-state index contributed by atoms with van der Waals surface area (Å²) in [7, 11) is 0. The Balaban J connectivity index is 2.25. The number of ether oxygens (including phenoxy) is 1. The van der Waals surface area contributed by atoms with Gasteiger partial charge < -0.3 is 4.74 Å². The molecule has 0 spiro atoms. The number of hydrogen-bond acceptors (Lipinski definition) is 1. The Morgan fingerprint density at radius 3 is 2.44 bits per heavy atom. The van der Waals surface area contributed by atoms with E-state index in [1.807, 2.05) is 6.07 Å². The van der Waals surface area contributed by atoms with Crippen LogP contribution in [0.2, 0.25) is 0 Å². The third-order valence-electron chi connectivity index (χ3n) is 3.12. The minimum atomic E-state index is 0.801. The highest BCUT2D eigenvalue weighted by molar-refractivity contribution is 5.69. The number of unbranched alkanes of at least 4 members (excludes halogenated alkanes) is 1. The van der Waals surface area contributed by atoms with Crippen LogP contribution in [0.3, 0.4) is 0 Å². The molecule has 0 aliphatic carbocycles. The Morgan fingerprint density at radius 1 is 0.944 bits per heavy atom. The van der Waals surface area contributed by atoms with Crippen molar-refractivity contribution in [1.82, 2.24) is 0 Å². The molecule has 2 aromatic carbocycles. The standard InChI is InChI=1S/C17H20O/c1-3-4-13-18-17-12-8-11-16(14(17)2)15-9-6-5-7-10-15/h5-12H,3-4,13H2,1-2H3. The highest BCUT2D eigenvalue weighted by Crippen LogP contribution is 2.29. The van der Waals surface area contributed by atoms with Crippen molar-refractivity contribution in [2.24, 2.45) is 0 Å². The van der Waals surface area contributed by atoms with E-state index in [0.717, 1.165) is 25.2 Å². The van der Waals surface area contributed by atoms with E-state index in [0.29, 0.717) is 0 Å². The topological polar surface area (TPSA) is 9.23 Å². The van der Waals surface area contributed by atoms with Crippen molar-refractivity contribution in [2.45, 2.75) is 26.7 Å². The summed E-state index contributed by atoms with van der Waals surface area (Å²) < 4.78 is 5.84. The third-order valence-corrected chi connectivity index (χ3v) is 3.12. The van der Waals surface area contributed by atoms with Gasteiger partial charge in [-0.05, 0) is 36.1 Å². The molecule has 18 heavy (non-hydrogen) atoms. The fourth-order valence-corrected chi connectivity index (χ4v) is 2.03. The van der Waals surface area contributed by atoms with E-state index in [-0.39, 0.29) is 0 Å². The average molecular weight is 240 g/mol. The largest absolute Gasteiger partial charge is 0.493 e. The lowest BCUT2D eigenvalue weighted by atomic mass is 10.00. The van der Waals surface area contributed by atoms with Crippen LogP contribution in [-0.2, 0) is 0 Å². The van der Waals surface area contributed by atoms with E-state index < -0.39 is 0 Å². The molecule has 0 bridgehead atoms. The Labute approximate surface area is 109 Å². The molecule has 1 heteroatoms. The third kappa shape index (κ3) is 2.92. The van der Waals surface area contributed by atoms with Crippen LogP contribution in [0.1, 0.15) is 25.3 Å². The average Bonchev–Trinajstić information content (AvgIpc) is 2.42. The Morgan fingerprint density at radius 2 is 1.72 bits per heavy atom. The van der Waals surface area contributed by atoms with Gasteiger partial charge in [0.15, 0.2) is 0 Å². The molecule has 0 amide bonds. The summed E-state index contributed by atoms with van der Waals surface area (Å²) in [5, 5.41) is 0. The maximum Gasteiger partial charge on any atom is 0.122 e. The lowest BCUT2D eigenvalue weighted by Crippen LogP contribution is -1.98. The van der Waals surface area contributed by atoms with E-state index in [2.05, 4.69) is 56.3 Å². The quantitative estimate of drug-likeness (QED) is 0.679. The Kier molecular flexibility index (Phi) is 4.40. The van der Waals surface area contributed by atoms with Crippen LogP contribution in [0.25, 0.3) is 11.1 Å². The lowest BCUT2D eigenvalue weighted by Gasteiger charge is -2.12. The van der Waals surface area contributed by atoms with Gasteiger partial charge in [-0.1, -0.05) is 55.8 Å². The first-order valence-corrected chi connectivity index (χ1v) is 6.60. The van der Waals surface area contributed by atoms with Crippen LogP contribution in [0.15, 0.2) is 48.5 Å². The molecule has 0 N–H and O–H groups in total. The van der Waals surface area contributed by atoms with E-state index >= 15 is 0 Å². The minimum Gasteiger partial charge on any atom is -0.493 e. The van der Waals surface area contributed by atoms with Gasteiger partial charge in [0.25, 0.3) is 0 Å². The SMILES string of the molecule is CCCCOc1cccc(-c2ccccc2)c1C. The molecular formula is C17H20O. The molecule has 0 aromatic heterocycles. The molecule has 0 atom stereocenters. The molecule has 2 aromatic rings.